The Kier molecular flexibility index (Phi) is 4.74. The van der Waals surface area contributed by atoms with Crippen LogP contribution >= 0.6 is 11.6 Å². The lowest BCUT2D eigenvalue weighted by Gasteiger charge is -2.04. The Hall–Kier alpha value is -2.33. The first kappa shape index (κ1) is 14.1. The second-order valence-electron chi connectivity index (χ2n) is 3.99. The van der Waals surface area contributed by atoms with Gasteiger partial charge in [0, 0.05) is 17.2 Å². The van der Waals surface area contributed by atoms with Crippen molar-refractivity contribution in [1.82, 2.24) is 0 Å². The first-order valence-corrected chi connectivity index (χ1v) is 6.33. The maximum absolute atomic E-state index is 10.9. The van der Waals surface area contributed by atoms with Crippen LogP contribution in [0.1, 0.15) is 5.56 Å². The number of ether oxygens (including phenoxy) is 1. The van der Waals surface area contributed by atoms with E-state index in [0.717, 1.165) is 5.56 Å². The molecule has 0 fully saturated rings. The molecule has 2 aromatic rings. The highest BCUT2D eigenvalue weighted by atomic mass is 35.5. The molecule has 0 heterocycles. The molecule has 102 valence electrons. The van der Waals surface area contributed by atoms with Gasteiger partial charge in [-0.2, -0.15) is 0 Å². The Morgan fingerprint density at radius 1 is 1.20 bits per heavy atom. The van der Waals surface area contributed by atoms with Gasteiger partial charge in [-0.25, -0.2) is 0 Å². The highest BCUT2D eigenvalue weighted by Crippen LogP contribution is 2.29. The molecule has 0 spiro atoms. The standard InChI is InChI=1S/C15H12ClNO3/c16-13-8-9-14(17(18)19)15(11-13)20-10-4-7-12-5-2-1-3-6-12/h1-9,11H,10H2. The van der Waals surface area contributed by atoms with Crippen LogP contribution in [-0.4, -0.2) is 11.5 Å². The van der Waals surface area contributed by atoms with E-state index >= 15 is 0 Å². The molecule has 0 aliphatic rings. The second kappa shape index (κ2) is 6.73. The van der Waals surface area contributed by atoms with Crippen molar-refractivity contribution in [2.45, 2.75) is 0 Å². The van der Waals surface area contributed by atoms with Gasteiger partial charge in [-0.05, 0) is 17.7 Å². The Morgan fingerprint density at radius 3 is 2.65 bits per heavy atom. The summed E-state index contributed by atoms with van der Waals surface area (Å²) >= 11 is 5.81. The predicted octanol–water partition coefficient (Wildman–Crippen LogP) is 4.34. The molecule has 0 radical (unpaired) electrons. The number of nitrogens with zero attached hydrogens (tertiary/aromatic N) is 1. The third-order valence-electron chi connectivity index (χ3n) is 2.56. The molecule has 2 aromatic carbocycles. The molecule has 0 aliphatic heterocycles. The summed E-state index contributed by atoms with van der Waals surface area (Å²) in [6.07, 6.45) is 3.68. The van der Waals surface area contributed by atoms with Crippen molar-refractivity contribution in [2.24, 2.45) is 0 Å². The van der Waals surface area contributed by atoms with Crippen LogP contribution in [0, 0.1) is 10.1 Å². The van der Waals surface area contributed by atoms with E-state index in [1.807, 2.05) is 36.4 Å². The SMILES string of the molecule is O=[N+]([O-])c1ccc(Cl)cc1OCC=Cc1ccccc1. The van der Waals surface area contributed by atoms with Gasteiger partial charge in [0.05, 0.1) is 4.92 Å². The highest BCUT2D eigenvalue weighted by Gasteiger charge is 2.14. The van der Waals surface area contributed by atoms with Crippen molar-refractivity contribution >= 4 is 23.4 Å². The van der Waals surface area contributed by atoms with Gasteiger partial charge < -0.3 is 4.74 Å². The summed E-state index contributed by atoms with van der Waals surface area (Å²) < 4.78 is 5.39. The summed E-state index contributed by atoms with van der Waals surface area (Å²) in [5.74, 6) is 0.167. The Labute approximate surface area is 121 Å². The number of rotatable bonds is 5. The monoisotopic (exact) mass is 289 g/mol. The van der Waals surface area contributed by atoms with Crippen LogP contribution in [0.15, 0.2) is 54.6 Å². The quantitative estimate of drug-likeness (QED) is 0.608. The molecule has 5 heteroatoms. The third-order valence-corrected chi connectivity index (χ3v) is 2.80. The predicted molar refractivity (Wildman–Crippen MR) is 79.1 cm³/mol. The molecule has 0 aromatic heterocycles. The number of hydrogen-bond acceptors (Lipinski definition) is 3. The van der Waals surface area contributed by atoms with E-state index in [4.69, 9.17) is 16.3 Å². The maximum Gasteiger partial charge on any atom is 0.311 e. The van der Waals surface area contributed by atoms with Crippen LogP contribution < -0.4 is 4.74 Å². The Balaban J connectivity index is 2.02. The molecule has 0 N–H and O–H groups in total. The first-order chi connectivity index (χ1) is 9.66. The Bertz CT molecular complexity index is 626. The number of hydrogen-bond donors (Lipinski definition) is 0. The molecule has 0 amide bonds. The molecular formula is C15H12ClNO3. The van der Waals surface area contributed by atoms with Crippen LogP contribution in [0.5, 0.6) is 5.75 Å². The van der Waals surface area contributed by atoms with Crippen LogP contribution in [0.2, 0.25) is 5.02 Å². The average molecular weight is 290 g/mol. The van der Waals surface area contributed by atoms with Gasteiger partial charge >= 0.3 is 5.69 Å². The third kappa shape index (κ3) is 3.83. The van der Waals surface area contributed by atoms with E-state index in [9.17, 15) is 10.1 Å². The molecule has 0 unspecified atom stereocenters. The normalized spacial score (nSPS) is 10.7. The van der Waals surface area contributed by atoms with Crippen molar-refractivity contribution in [1.29, 1.82) is 0 Å². The molecule has 0 saturated carbocycles. The topological polar surface area (TPSA) is 52.4 Å². The Morgan fingerprint density at radius 2 is 1.95 bits per heavy atom. The van der Waals surface area contributed by atoms with E-state index < -0.39 is 4.92 Å². The zero-order valence-electron chi connectivity index (χ0n) is 10.5. The number of nitro groups is 1. The molecule has 2 rings (SSSR count). The van der Waals surface area contributed by atoms with E-state index in [1.165, 1.54) is 18.2 Å². The molecule has 0 bridgehead atoms. The van der Waals surface area contributed by atoms with E-state index in [1.54, 1.807) is 6.08 Å². The van der Waals surface area contributed by atoms with Gasteiger partial charge in [0.15, 0.2) is 5.75 Å². The number of nitro benzene ring substituents is 1. The summed E-state index contributed by atoms with van der Waals surface area (Å²) in [7, 11) is 0. The summed E-state index contributed by atoms with van der Waals surface area (Å²) in [4.78, 5) is 10.4. The molecule has 0 saturated heterocycles. The molecule has 4 nitrogen and oxygen atoms in total. The summed E-state index contributed by atoms with van der Waals surface area (Å²) in [6.45, 7) is 0.232. The fraction of sp³-hybridized carbons (Fsp3) is 0.0667. The van der Waals surface area contributed by atoms with E-state index in [2.05, 4.69) is 0 Å². The largest absolute Gasteiger partial charge is 0.483 e. The lowest BCUT2D eigenvalue weighted by atomic mass is 10.2. The minimum absolute atomic E-state index is 0.0949. The lowest BCUT2D eigenvalue weighted by Crippen LogP contribution is -1.98. The summed E-state index contributed by atoms with van der Waals surface area (Å²) in [5, 5.41) is 11.3. The van der Waals surface area contributed by atoms with Crippen molar-refractivity contribution in [3.05, 3.63) is 75.3 Å². The molecule has 0 atom stereocenters. The van der Waals surface area contributed by atoms with Gasteiger partial charge in [0.2, 0.25) is 0 Å². The summed E-state index contributed by atoms with van der Waals surface area (Å²) in [6, 6.07) is 13.9. The lowest BCUT2D eigenvalue weighted by molar-refractivity contribution is -0.385. The van der Waals surface area contributed by atoms with Gasteiger partial charge in [0.1, 0.15) is 6.61 Å². The fourth-order valence-electron chi connectivity index (χ4n) is 1.64. The van der Waals surface area contributed by atoms with Crippen molar-refractivity contribution in [2.75, 3.05) is 6.61 Å². The van der Waals surface area contributed by atoms with Crippen LogP contribution in [-0.2, 0) is 0 Å². The zero-order valence-corrected chi connectivity index (χ0v) is 11.3. The smallest absolute Gasteiger partial charge is 0.311 e. The zero-order chi connectivity index (χ0) is 14.4. The van der Waals surface area contributed by atoms with Crippen LogP contribution in [0.25, 0.3) is 6.08 Å². The minimum Gasteiger partial charge on any atom is -0.483 e. The van der Waals surface area contributed by atoms with Gasteiger partial charge in [-0.1, -0.05) is 48.0 Å². The second-order valence-corrected chi connectivity index (χ2v) is 4.43. The number of halogens is 1. The van der Waals surface area contributed by atoms with Gasteiger partial charge in [-0.3, -0.25) is 10.1 Å². The number of benzene rings is 2. The molecular weight excluding hydrogens is 278 g/mol. The van der Waals surface area contributed by atoms with Crippen molar-refractivity contribution in [3.63, 3.8) is 0 Å². The fourth-order valence-corrected chi connectivity index (χ4v) is 1.80. The summed E-state index contributed by atoms with van der Waals surface area (Å²) in [5.41, 5.74) is 0.944. The van der Waals surface area contributed by atoms with Gasteiger partial charge in [-0.15, -0.1) is 0 Å². The van der Waals surface area contributed by atoms with E-state index in [-0.39, 0.29) is 18.0 Å². The maximum atomic E-state index is 10.9. The first-order valence-electron chi connectivity index (χ1n) is 5.95. The minimum atomic E-state index is -0.493. The van der Waals surface area contributed by atoms with Gasteiger partial charge in [0.25, 0.3) is 0 Å². The van der Waals surface area contributed by atoms with Crippen molar-refractivity contribution < 1.29 is 9.66 Å². The van der Waals surface area contributed by atoms with Crippen LogP contribution in [0.4, 0.5) is 5.69 Å². The highest BCUT2D eigenvalue weighted by molar-refractivity contribution is 6.30. The molecule has 20 heavy (non-hydrogen) atoms. The molecule has 0 aliphatic carbocycles. The van der Waals surface area contributed by atoms with E-state index in [0.29, 0.717) is 5.02 Å². The van der Waals surface area contributed by atoms with Crippen LogP contribution in [0.3, 0.4) is 0 Å². The van der Waals surface area contributed by atoms with Crippen molar-refractivity contribution in [3.8, 4) is 5.75 Å². The average Bonchev–Trinajstić information content (AvgIpc) is 2.44.